The van der Waals surface area contributed by atoms with Gasteiger partial charge in [-0.05, 0) is 24.3 Å². The summed E-state index contributed by atoms with van der Waals surface area (Å²) in [5.41, 5.74) is 0.440. The smallest absolute Gasteiger partial charge is 0.336 e. The molecule has 21 heavy (non-hydrogen) atoms. The Morgan fingerprint density at radius 3 is 3.10 bits per heavy atom. The van der Waals surface area contributed by atoms with Crippen LogP contribution < -0.4 is 0 Å². The van der Waals surface area contributed by atoms with Crippen molar-refractivity contribution in [3.63, 3.8) is 0 Å². The van der Waals surface area contributed by atoms with Crippen molar-refractivity contribution in [1.29, 1.82) is 0 Å². The Morgan fingerprint density at radius 1 is 1.62 bits per heavy atom. The number of ether oxygens (including phenoxy) is 1. The van der Waals surface area contributed by atoms with Crippen molar-refractivity contribution in [3.05, 3.63) is 33.2 Å². The lowest BCUT2D eigenvalue weighted by Crippen LogP contribution is -2.40. The summed E-state index contributed by atoms with van der Waals surface area (Å²) in [7, 11) is 0. The molecule has 8 heteroatoms. The van der Waals surface area contributed by atoms with Gasteiger partial charge in [-0.1, -0.05) is 16.8 Å². The molecular formula is C13H14ClN3O3S. The second-order valence-corrected chi connectivity index (χ2v) is 6.57. The van der Waals surface area contributed by atoms with Crippen LogP contribution in [0, 0.1) is 0 Å². The van der Waals surface area contributed by atoms with Gasteiger partial charge in [0.1, 0.15) is 0 Å². The SMILES string of the molecule is O=C(O)C1(Cc2cn(Cc3ccsc3Cl)nn2)CCCO1. The lowest BCUT2D eigenvalue weighted by atomic mass is 9.95. The molecule has 1 aliphatic rings. The molecule has 3 heterocycles. The summed E-state index contributed by atoms with van der Waals surface area (Å²) in [5, 5.41) is 19.4. The first-order valence-electron chi connectivity index (χ1n) is 6.57. The summed E-state index contributed by atoms with van der Waals surface area (Å²) in [6.07, 6.45) is 3.25. The minimum Gasteiger partial charge on any atom is -0.479 e. The summed E-state index contributed by atoms with van der Waals surface area (Å²) in [5.74, 6) is -0.935. The van der Waals surface area contributed by atoms with Crippen LogP contribution in [0.15, 0.2) is 17.6 Å². The Bertz CT molecular complexity index is 649. The molecule has 0 saturated carbocycles. The number of aromatic nitrogens is 3. The molecule has 1 aliphatic heterocycles. The molecule has 2 aromatic rings. The number of rotatable bonds is 5. The van der Waals surface area contributed by atoms with Crippen LogP contribution >= 0.6 is 22.9 Å². The number of hydrogen-bond donors (Lipinski definition) is 1. The topological polar surface area (TPSA) is 77.2 Å². The lowest BCUT2D eigenvalue weighted by molar-refractivity contribution is -0.160. The van der Waals surface area contributed by atoms with E-state index in [1.807, 2.05) is 11.4 Å². The molecule has 1 N–H and O–H groups in total. The summed E-state index contributed by atoms with van der Waals surface area (Å²) in [6.45, 7) is 1.00. The number of nitrogens with zero attached hydrogens (tertiary/aromatic N) is 3. The Morgan fingerprint density at radius 2 is 2.48 bits per heavy atom. The van der Waals surface area contributed by atoms with Crippen molar-refractivity contribution >= 4 is 28.9 Å². The van der Waals surface area contributed by atoms with Gasteiger partial charge in [-0.25, -0.2) is 9.48 Å². The lowest BCUT2D eigenvalue weighted by Gasteiger charge is -2.21. The fourth-order valence-electron chi connectivity index (χ4n) is 2.48. The fourth-order valence-corrected chi connectivity index (χ4v) is 3.39. The monoisotopic (exact) mass is 327 g/mol. The van der Waals surface area contributed by atoms with Gasteiger partial charge in [0.2, 0.25) is 0 Å². The second kappa shape index (κ2) is 5.75. The van der Waals surface area contributed by atoms with Crippen LogP contribution in [-0.2, 0) is 22.5 Å². The third-order valence-electron chi connectivity index (χ3n) is 3.57. The Hall–Kier alpha value is -1.44. The van der Waals surface area contributed by atoms with E-state index in [1.54, 1.807) is 10.9 Å². The number of aliphatic carboxylic acids is 1. The van der Waals surface area contributed by atoms with E-state index in [4.69, 9.17) is 16.3 Å². The van der Waals surface area contributed by atoms with E-state index >= 15 is 0 Å². The second-order valence-electron chi connectivity index (χ2n) is 5.06. The number of carbonyl (C=O) groups is 1. The van der Waals surface area contributed by atoms with E-state index in [-0.39, 0.29) is 6.42 Å². The van der Waals surface area contributed by atoms with Gasteiger partial charge >= 0.3 is 5.97 Å². The highest BCUT2D eigenvalue weighted by atomic mass is 35.5. The fraction of sp³-hybridized carbons (Fsp3) is 0.462. The van der Waals surface area contributed by atoms with Crippen LogP contribution in [0.3, 0.4) is 0 Å². The average molecular weight is 328 g/mol. The molecule has 0 aromatic carbocycles. The van der Waals surface area contributed by atoms with Crippen molar-refractivity contribution < 1.29 is 14.6 Å². The van der Waals surface area contributed by atoms with E-state index in [0.717, 1.165) is 16.3 Å². The van der Waals surface area contributed by atoms with Crippen molar-refractivity contribution in [1.82, 2.24) is 15.0 Å². The van der Waals surface area contributed by atoms with Gasteiger partial charge in [-0.2, -0.15) is 0 Å². The van der Waals surface area contributed by atoms with Gasteiger partial charge in [-0.3, -0.25) is 0 Å². The first kappa shape index (κ1) is 14.5. The summed E-state index contributed by atoms with van der Waals surface area (Å²) < 4.78 is 7.83. The van der Waals surface area contributed by atoms with Crippen LogP contribution in [0.4, 0.5) is 0 Å². The summed E-state index contributed by atoms with van der Waals surface area (Å²) in [4.78, 5) is 11.4. The van der Waals surface area contributed by atoms with E-state index < -0.39 is 11.6 Å². The van der Waals surface area contributed by atoms with E-state index in [1.165, 1.54) is 11.3 Å². The maximum absolute atomic E-state index is 11.4. The van der Waals surface area contributed by atoms with Gasteiger partial charge in [0.05, 0.1) is 16.6 Å². The van der Waals surface area contributed by atoms with Gasteiger partial charge in [0.25, 0.3) is 0 Å². The molecule has 1 fully saturated rings. The van der Waals surface area contributed by atoms with Crippen molar-refractivity contribution in [3.8, 4) is 0 Å². The Balaban J connectivity index is 1.73. The van der Waals surface area contributed by atoms with Crippen LogP contribution in [0.2, 0.25) is 4.34 Å². The first-order chi connectivity index (χ1) is 10.1. The van der Waals surface area contributed by atoms with Crippen LogP contribution in [0.25, 0.3) is 0 Å². The van der Waals surface area contributed by atoms with Crippen molar-refractivity contribution in [2.75, 3.05) is 6.61 Å². The van der Waals surface area contributed by atoms with Crippen molar-refractivity contribution in [2.45, 2.75) is 31.4 Å². The maximum Gasteiger partial charge on any atom is 0.336 e. The van der Waals surface area contributed by atoms with E-state index in [9.17, 15) is 9.90 Å². The Kier molecular flexibility index (Phi) is 3.97. The predicted molar refractivity (Wildman–Crippen MR) is 77.7 cm³/mol. The molecule has 0 radical (unpaired) electrons. The minimum absolute atomic E-state index is 0.236. The zero-order valence-electron chi connectivity index (χ0n) is 11.2. The van der Waals surface area contributed by atoms with E-state index in [0.29, 0.717) is 25.3 Å². The quantitative estimate of drug-likeness (QED) is 0.911. The normalized spacial score (nSPS) is 21.8. The molecule has 0 amide bonds. The highest BCUT2D eigenvalue weighted by Gasteiger charge is 2.43. The van der Waals surface area contributed by atoms with Crippen LogP contribution in [0.5, 0.6) is 0 Å². The number of thiophene rings is 1. The molecule has 0 spiro atoms. The zero-order chi connectivity index (χ0) is 14.9. The Labute approximate surface area is 130 Å². The standard InChI is InChI=1S/C13H14ClN3O3S/c14-11-9(2-5-21-11)7-17-8-10(15-16-17)6-13(12(18)19)3-1-4-20-13/h2,5,8H,1,3-4,6-7H2,(H,18,19). The summed E-state index contributed by atoms with van der Waals surface area (Å²) >= 11 is 7.52. The molecule has 1 atom stereocenters. The molecule has 3 rings (SSSR count). The summed E-state index contributed by atoms with van der Waals surface area (Å²) in [6, 6.07) is 1.94. The highest BCUT2D eigenvalue weighted by molar-refractivity contribution is 7.14. The van der Waals surface area contributed by atoms with Crippen LogP contribution in [0.1, 0.15) is 24.1 Å². The zero-order valence-corrected chi connectivity index (χ0v) is 12.7. The average Bonchev–Trinajstić information content (AvgIpc) is 3.15. The number of carboxylic acid groups (broad SMARTS) is 1. The molecule has 6 nitrogen and oxygen atoms in total. The number of carboxylic acids is 1. The van der Waals surface area contributed by atoms with Gasteiger partial charge in [0.15, 0.2) is 5.60 Å². The molecule has 0 aliphatic carbocycles. The largest absolute Gasteiger partial charge is 0.479 e. The molecule has 0 bridgehead atoms. The van der Waals surface area contributed by atoms with Gasteiger partial charge < -0.3 is 9.84 Å². The predicted octanol–water partition coefficient (Wildman–Crippen LogP) is 2.22. The van der Waals surface area contributed by atoms with Gasteiger partial charge in [0, 0.05) is 24.8 Å². The first-order valence-corrected chi connectivity index (χ1v) is 7.83. The molecular weight excluding hydrogens is 314 g/mol. The third kappa shape index (κ3) is 2.95. The number of hydrogen-bond acceptors (Lipinski definition) is 5. The number of halogens is 1. The third-order valence-corrected chi connectivity index (χ3v) is 4.82. The maximum atomic E-state index is 11.4. The van der Waals surface area contributed by atoms with Gasteiger partial charge in [-0.15, -0.1) is 16.4 Å². The highest BCUT2D eigenvalue weighted by Crippen LogP contribution is 2.29. The van der Waals surface area contributed by atoms with Crippen molar-refractivity contribution in [2.24, 2.45) is 0 Å². The molecule has 1 saturated heterocycles. The molecule has 2 aromatic heterocycles. The molecule has 1 unspecified atom stereocenters. The molecule has 112 valence electrons. The minimum atomic E-state index is -1.15. The van der Waals surface area contributed by atoms with E-state index in [2.05, 4.69) is 10.3 Å². The van der Waals surface area contributed by atoms with Crippen LogP contribution in [-0.4, -0.2) is 38.3 Å².